The molecule has 0 spiro atoms. The van der Waals surface area contributed by atoms with Gasteiger partial charge in [0, 0.05) is 43.6 Å². The first-order chi connectivity index (χ1) is 15.3. The summed E-state index contributed by atoms with van der Waals surface area (Å²) >= 11 is 0. The number of rotatable bonds is 7. The van der Waals surface area contributed by atoms with E-state index in [1.807, 2.05) is 12.1 Å². The van der Waals surface area contributed by atoms with Crippen molar-refractivity contribution in [1.29, 1.82) is 0 Å². The molecule has 0 radical (unpaired) electrons. The number of fused-ring (bicyclic) bond motifs is 2. The fourth-order valence-corrected chi connectivity index (χ4v) is 8.18. The van der Waals surface area contributed by atoms with E-state index >= 15 is 0 Å². The first-order valence-corrected chi connectivity index (χ1v) is 13.5. The number of hydrogen-bond donors (Lipinski definition) is 2. The number of anilines is 1. The molecule has 2 aromatic carbocycles. The molecule has 2 aromatic rings. The second-order valence-corrected chi connectivity index (χ2v) is 12.5. The monoisotopic (exact) mass is 452 g/mol. The van der Waals surface area contributed by atoms with E-state index in [1.165, 1.54) is 16.7 Å². The normalized spacial score (nSPS) is 30.7. The highest BCUT2D eigenvalue weighted by Crippen LogP contribution is 2.65. The summed E-state index contributed by atoms with van der Waals surface area (Å²) < 4.78 is 27.6. The summed E-state index contributed by atoms with van der Waals surface area (Å²) in [6, 6.07) is 16.5. The number of likely N-dealkylation sites (tertiary alicyclic amines) is 1. The van der Waals surface area contributed by atoms with Crippen LogP contribution in [0.5, 0.6) is 0 Å². The smallest absolute Gasteiger partial charge is 0.235 e. The van der Waals surface area contributed by atoms with Gasteiger partial charge >= 0.3 is 0 Å². The second kappa shape index (κ2) is 7.05. The number of piperidine rings is 1. The van der Waals surface area contributed by atoms with Gasteiger partial charge in [0.05, 0.1) is 10.9 Å². The molecule has 2 N–H and O–H groups in total. The molecule has 3 aliphatic carbocycles. The molecule has 170 valence electrons. The maximum atomic E-state index is 12.4. The van der Waals surface area contributed by atoms with Crippen molar-refractivity contribution in [3.8, 4) is 0 Å². The summed E-state index contributed by atoms with van der Waals surface area (Å²) in [7, 11) is -3.25. The Morgan fingerprint density at radius 1 is 1.03 bits per heavy atom. The first-order valence-electron chi connectivity index (χ1n) is 12.0. The zero-order chi connectivity index (χ0) is 22.1. The minimum absolute atomic E-state index is 0.138. The highest BCUT2D eigenvalue weighted by molar-refractivity contribution is 7.93. The summed E-state index contributed by atoms with van der Waals surface area (Å²) in [5, 5.41) is 11.1. The number of nitrogens with zero attached hydrogens (tertiary/aromatic N) is 1. The first kappa shape index (κ1) is 20.7. The zero-order valence-corrected chi connectivity index (χ0v) is 19.4. The van der Waals surface area contributed by atoms with Crippen LogP contribution >= 0.6 is 0 Å². The summed E-state index contributed by atoms with van der Waals surface area (Å²) in [6.07, 6.45) is 4.09. The molecular formula is C26H32N2O3S. The van der Waals surface area contributed by atoms with Crippen LogP contribution in [0.15, 0.2) is 48.5 Å². The van der Waals surface area contributed by atoms with Crippen LogP contribution in [0.2, 0.25) is 0 Å². The van der Waals surface area contributed by atoms with Gasteiger partial charge in [0.25, 0.3) is 0 Å². The van der Waals surface area contributed by atoms with E-state index in [9.17, 15) is 13.5 Å². The molecule has 1 saturated heterocycles. The molecule has 2 atom stereocenters. The van der Waals surface area contributed by atoms with E-state index in [1.54, 1.807) is 0 Å². The van der Waals surface area contributed by atoms with Gasteiger partial charge in [0.1, 0.15) is 0 Å². The Morgan fingerprint density at radius 2 is 1.69 bits per heavy atom. The highest BCUT2D eigenvalue weighted by atomic mass is 32.2. The molecule has 32 heavy (non-hydrogen) atoms. The van der Waals surface area contributed by atoms with Gasteiger partial charge in [0.2, 0.25) is 10.0 Å². The predicted molar refractivity (Wildman–Crippen MR) is 126 cm³/mol. The lowest BCUT2D eigenvalue weighted by Gasteiger charge is -2.32. The van der Waals surface area contributed by atoms with Crippen LogP contribution in [0, 0.1) is 11.8 Å². The number of nitrogens with one attached hydrogen (secondary N) is 1. The number of β-amino-alcohol motifs (C(OH)–C–C–N with tert-alkyl or cyclic N) is 1. The van der Waals surface area contributed by atoms with Crippen LogP contribution in [0.3, 0.4) is 0 Å². The van der Waals surface area contributed by atoms with Crippen LogP contribution in [0.25, 0.3) is 0 Å². The molecule has 2 saturated carbocycles. The van der Waals surface area contributed by atoms with Gasteiger partial charge in [-0.2, -0.15) is 0 Å². The Labute approximate surface area is 190 Å². The van der Waals surface area contributed by atoms with Crippen molar-refractivity contribution in [2.45, 2.75) is 55.3 Å². The third kappa shape index (κ3) is 3.30. The van der Waals surface area contributed by atoms with Crippen LogP contribution in [0.1, 0.15) is 42.9 Å². The van der Waals surface area contributed by atoms with Crippen LogP contribution in [-0.4, -0.2) is 48.9 Å². The van der Waals surface area contributed by atoms with Gasteiger partial charge in [-0.3, -0.25) is 9.62 Å². The van der Waals surface area contributed by atoms with Crippen molar-refractivity contribution in [2.24, 2.45) is 11.8 Å². The van der Waals surface area contributed by atoms with Crippen molar-refractivity contribution in [3.05, 3.63) is 65.2 Å². The van der Waals surface area contributed by atoms with Crippen molar-refractivity contribution in [3.63, 3.8) is 0 Å². The maximum absolute atomic E-state index is 12.4. The predicted octanol–water partition coefficient (Wildman–Crippen LogP) is 3.33. The van der Waals surface area contributed by atoms with Gasteiger partial charge in [0.15, 0.2) is 0 Å². The van der Waals surface area contributed by atoms with Crippen molar-refractivity contribution >= 4 is 15.7 Å². The molecule has 6 rings (SSSR count). The molecule has 1 aliphatic heterocycles. The highest BCUT2D eigenvalue weighted by Gasteiger charge is 2.67. The Bertz CT molecular complexity index is 1120. The molecule has 6 heteroatoms. The van der Waals surface area contributed by atoms with E-state index in [0.29, 0.717) is 17.5 Å². The van der Waals surface area contributed by atoms with Crippen molar-refractivity contribution in [1.82, 2.24) is 4.90 Å². The van der Waals surface area contributed by atoms with Gasteiger partial charge < -0.3 is 5.11 Å². The Balaban J connectivity index is 1.14. The van der Waals surface area contributed by atoms with E-state index in [2.05, 4.69) is 52.9 Å². The lowest BCUT2D eigenvalue weighted by molar-refractivity contribution is 0.0139. The minimum Gasteiger partial charge on any atom is -0.388 e. The second-order valence-electron chi connectivity index (χ2n) is 10.6. The molecule has 0 aromatic heterocycles. The lowest BCUT2D eigenvalue weighted by Crippen LogP contribution is -2.45. The fraction of sp³-hybridized carbons (Fsp3) is 0.538. The number of hydrogen-bond acceptors (Lipinski definition) is 4. The van der Waals surface area contributed by atoms with E-state index in [4.69, 9.17) is 0 Å². The van der Waals surface area contributed by atoms with Crippen LogP contribution in [-0.2, 0) is 28.3 Å². The summed E-state index contributed by atoms with van der Waals surface area (Å²) in [4.78, 5) is 2.45. The molecule has 0 amide bonds. The average Bonchev–Trinajstić information content (AvgIpc) is 3.63. The molecule has 3 fully saturated rings. The standard InChI is InChI=1S/C26H32N2O3S/c1-2-26(20-8-5-9-21(12-20)27-32(30,31)22-10-11-22)23-15-28(16-24(23)26)17-25(29)13-18-6-3-4-7-19(18)14-25/h3-9,12,22-24,27,29H,2,10-11,13-17H2,1H3. The van der Waals surface area contributed by atoms with E-state index < -0.39 is 15.6 Å². The van der Waals surface area contributed by atoms with E-state index in [0.717, 1.165) is 51.7 Å². The minimum atomic E-state index is -3.25. The molecular weight excluding hydrogens is 420 g/mol. The van der Waals surface area contributed by atoms with Gasteiger partial charge in [-0.15, -0.1) is 0 Å². The largest absolute Gasteiger partial charge is 0.388 e. The number of benzene rings is 2. The summed E-state index contributed by atoms with van der Waals surface area (Å²) in [5.74, 6) is 1.16. The molecule has 2 unspecified atom stereocenters. The molecule has 5 nitrogen and oxygen atoms in total. The third-order valence-electron chi connectivity index (χ3n) is 8.49. The Hall–Kier alpha value is -1.89. The Kier molecular flexibility index (Phi) is 4.56. The number of sulfonamides is 1. The third-order valence-corrected chi connectivity index (χ3v) is 10.4. The van der Waals surface area contributed by atoms with Gasteiger partial charge in [-0.05, 0) is 59.9 Å². The zero-order valence-electron chi connectivity index (χ0n) is 18.6. The Morgan fingerprint density at radius 3 is 2.28 bits per heavy atom. The summed E-state index contributed by atoms with van der Waals surface area (Å²) in [6.45, 7) is 5.00. The average molecular weight is 453 g/mol. The van der Waals surface area contributed by atoms with Crippen LogP contribution in [0.4, 0.5) is 5.69 Å². The molecule has 1 heterocycles. The maximum Gasteiger partial charge on any atom is 0.235 e. The fourth-order valence-electron chi connectivity index (χ4n) is 6.80. The SMILES string of the molecule is CCC1(c2cccc(NS(=O)(=O)C3CC3)c2)C2CN(CC3(O)Cc4ccccc4C3)CC21. The van der Waals surface area contributed by atoms with Crippen molar-refractivity contribution < 1.29 is 13.5 Å². The summed E-state index contributed by atoms with van der Waals surface area (Å²) in [5.41, 5.74) is 4.01. The topological polar surface area (TPSA) is 69.6 Å². The lowest BCUT2D eigenvalue weighted by atomic mass is 9.87. The molecule has 0 bridgehead atoms. The van der Waals surface area contributed by atoms with Gasteiger partial charge in [-0.1, -0.05) is 43.3 Å². The van der Waals surface area contributed by atoms with Crippen molar-refractivity contribution in [2.75, 3.05) is 24.4 Å². The van der Waals surface area contributed by atoms with E-state index in [-0.39, 0.29) is 10.7 Å². The quantitative estimate of drug-likeness (QED) is 0.676. The molecule has 4 aliphatic rings. The van der Waals surface area contributed by atoms with Gasteiger partial charge in [-0.25, -0.2) is 8.42 Å². The van der Waals surface area contributed by atoms with Crippen LogP contribution < -0.4 is 4.72 Å². The number of aliphatic hydroxyl groups is 1.